The molecule has 3 heterocycles. The van der Waals surface area contributed by atoms with Gasteiger partial charge in [0.1, 0.15) is 17.1 Å². The highest BCUT2D eigenvalue weighted by atomic mass is 35.5. The molecule has 0 radical (unpaired) electrons. The molecule has 1 aromatic carbocycles. The zero-order chi connectivity index (χ0) is 14.2. The Balaban J connectivity index is 0.000000960. The molecule has 1 aliphatic heterocycles. The van der Waals surface area contributed by atoms with Gasteiger partial charge >= 0.3 is 0 Å². The SMILES string of the molecule is Cc1nc(N2CC=CC2)c2oc(-c3ccccc3)cc2n1.Cl.O. The zero-order valence-electron chi connectivity index (χ0n) is 12.7. The van der Waals surface area contributed by atoms with E-state index in [0.717, 1.165) is 47.2 Å². The fourth-order valence-corrected chi connectivity index (χ4v) is 2.64. The molecule has 0 saturated heterocycles. The van der Waals surface area contributed by atoms with E-state index in [1.807, 2.05) is 43.3 Å². The van der Waals surface area contributed by atoms with E-state index in [0.29, 0.717) is 0 Å². The van der Waals surface area contributed by atoms with Gasteiger partial charge in [0.25, 0.3) is 0 Å². The van der Waals surface area contributed by atoms with E-state index >= 15 is 0 Å². The molecular formula is C17H18ClN3O2. The van der Waals surface area contributed by atoms with Crippen LogP contribution in [0, 0.1) is 6.92 Å². The van der Waals surface area contributed by atoms with E-state index in [2.05, 4.69) is 27.0 Å². The Hall–Kier alpha value is -2.37. The number of hydrogen-bond acceptors (Lipinski definition) is 4. The molecule has 0 amide bonds. The topological polar surface area (TPSA) is 73.7 Å². The Morgan fingerprint density at radius 2 is 1.74 bits per heavy atom. The molecule has 0 aliphatic carbocycles. The maximum atomic E-state index is 6.06. The molecule has 120 valence electrons. The number of aryl methyl sites for hydroxylation is 1. The molecule has 0 atom stereocenters. The van der Waals surface area contributed by atoms with E-state index in [9.17, 15) is 0 Å². The Labute approximate surface area is 140 Å². The highest BCUT2D eigenvalue weighted by Gasteiger charge is 2.18. The van der Waals surface area contributed by atoms with E-state index < -0.39 is 0 Å². The van der Waals surface area contributed by atoms with E-state index in [1.165, 1.54) is 0 Å². The van der Waals surface area contributed by atoms with Gasteiger partial charge in [-0.05, 0) is 6.92 Å². The molecular weight excluding hydrogens is 314 g/mol. The van der Waals surface area contributed by atoms with Gasteiger partial charge in [-0.2, -0.15) is 0 Å². The number of fused-ring (bicyclic) bond motifs is 1. The van der Waals surface area contributed by atoms with Crippen LogP contribution in [-0.4, -0.2) is 28.5 Å². The summed E-state index contributed by atoms with van der Waals surface area (Å²) in [7, 11) is 0. The van der Waals surface area contributed by atoms with E-state index in [1.54, 1.807) is 0 Å². The molecule has 1 aliphatic rings. The average Bonchev–Trinajstić information content (AvgIpc) is 3.16. The van der Waals surface area contributed by atoms with Crippen molar-refractivity contribution in [1.29, 1.82) is 0 Å². The molecule has 4 rings (SSSR count). The van der Waals surface area contributed by atoms with E-state index in [4.69, 9.17) is 4.42 Å². The van der Waals surface area contributed by atoms with Crippen LogP contribution in [0.1, 0.15) is 5.82 Å². The monoisotopic (exact) mass is 331 g/mol. The number of hydrogen-bond donors (Lipinski definition) is 0. The van der Waals surface area contributed by atoms with Crippen molar-refractivity contribution in [2.45, 2.75) is 6.92 Å². The number of anilines is 1. The highest BCUT2D eigenvalue weighted by molar-refractivity contribution is 5.88. The predicted octanol–water partition coefficient (Wildman–Crippen LogP) is 3.17. The van der Waals surface area contributed by atoms with Gasteiger partial charge in [0.05, 0.1) is 0 Å². The summed E-state index contributed by atoms with van der Waals surface area (Å²) in [6.07, 6.45) is 4.29. The Morgan fingerprint density at radius 3 is 2.43 bits per heavy atom. The van der Waals surface area contributed by atoms with E-state index in [-0.39, 0.29) is 17.9 Å². The van der Waals surface area contributed by atoms with Crippen molar-refractivity contribution in [2.75, 3.05) is 18.0 Å². The lowest BCUT2D eigenvalue weighted by molar-refractivity contribution is 0.627. The van der Waals surface area contributed by atoms with Crippen LogP contribution >= 0.6 is 12.4 Å². The second-order valence-electron chi connectivity index (χ2n) is 5.16. The third-order valence-electron chi connectivity index (χ3n) is 3.64. The van der Waals surface area contributed by atoms with Crippen molar-refractivity contribution in [3.63, 3.8) is 0 Å². The third-order valence-corrected chi connectivity index (χ3v) is 3.64. The minimum absolute atomic E-state index is 0. The second kappa shape index (κ2) is 6.81. The molecule has 6 heteroatoms. The van der Waals surface area contributed by atoms with Gasteiger partial charge in [-0.3, -0.25) is 0 Å². The largest absolute Gasteiger partial charge is 0.450 e. The maximum absolute atomic E-state index is 6.06. The summed E-state index contributed by atoms with van der Waals surface area (Å²) < 4.78 is 6.06. The molecule has 5 nitrogen and oxygen atoms in total. The minimum Gasteiger partial charge on any atom is -0.450 e. The van der Waals surface area contributed by atoms with Crippen LogP contribution in [-0.2, 0) is 0 Å². The summed E-state index contributed by atoms with van der Waals surface area (Å²) in [5, 5.41) is 0. The molecule has 2 N–H and O–H groups in total. The van der Waals surface area contributed by atoms with Gasteiger partial charge in [-0.1, -0.05) is 42.5 Å². The van der Waals surface area contributed by atoms with Crippen LogP contribution in [0.15, 0.2) is 53.0 Å². The summed E-state index contributed by atoms with van der Waals surface area (Å²) in [4.78, 5) is 11.3. The van der Waals surface area contributed by atoms with Crippen LogP contribution in [0.25, 0.3) is 22.4 Å². The van der Waals surface area contributed by atoms with Crippen LogP contribution in [0.5, 0.6) is 0 Å². The summed E-state index contributed by atoms with van der Waals surface area (Å²) in [6.45, 7) is 3.65. The molecule has 0 fully saturated rings. The normalized spacial score (nSPS) is 13.0. The molecule has 0 saturated carbocycles. The first-order chi connectivity index (χ1) is 10.3. The standard InChI is InChI=1S/C17H15N3O.ClH.H2O/c1-12-18-14-11-15(13-7-3-2-4-8-13)21-16(14)17(19-12)20-9-5-6-10-20;;/h2-8,11H,9-10H2,1H3;1H;1H2. The fraction of sp³-hybridized carbons (Fsp3) is 0.176. The van der Waals surface area contributed by atoms with Gasteiger partial charge < -0.3 is 14.8 Å². The molecule has 2 aromatic heterocycles. The number of furan rings is 1. The lowest BCUT2D eigenvalue weighted by atomic mass is 10.2. The smallest absolute Gasteiger partial charge is 0.195 e. The van der Waals surface area contributed by atoms with Gasteiger partial charge in [-0.25, -0.2) is 9.97 Å². The molecule has 0 bridgehead atoms. The van der Waals surface area contributed by atoms with Crippen molar-refractivity contribution in [1.82, 2.24) is 9.97 Å². The molecule has 3 aromatic rings. The van der Waals surface area contributed by atoms with Crippen molar-refractivity contribution in [3.8, 4) is 11.3 Å². The first kappa shape index (κ1) is 17.0. The lowest BCUT2D eigenvalue weighted by Gasteiger charge is -2.16. The maximum Gasteiger partial charge on any atom is 0.195 e. The Bertz CT molecular complexity index is 822. The summed E-state index contributed by atoms with van der Waals surface area (Å²) in [6, 6.07) is 12.1. The van der Waals surface area contributed by atoms with Crippen LogP contribution in [0.2, 0.25) is 0 Å². The first-order valence-corrected chi connectivity index (χ1v) is 7.05. The zero-order valence-corrected chi connectivity index (χ0v) is 13.5. The Kier molecular flexibility index (Phi) is 5.03. The molecule has 23 heavy (non-hydrogen) atoms. The summed E-state index contributed by atoms with van der Waals surface area (Å²) >= 11 is 0. The fourth-order valence-electron chi connectivity index (χ4n) is 2.64. The highest BCUT2D eigenvalue weighted by Crippen LogP contribution is 2.32. The summed E-state index contributed by atoms with van der Waals surface area (Å²) in [5.41, 5.74) is 2.69. The van der Waals surface area contributed by atoms with Gasteiger partial charge in [0, 0.05) is 24.7 Å². The van der Waals surface area contributed by atoms with Gasteiger partial charge in [0.15, 0.2) is 11.4 Å². The minimum atomic E-state index is 0. The molecule has 0 spiro atoms. The third kappa shape index (κ3) is 3.06. The summed E-state index contributed by atoms with van der Waals surface area (Å²) in [5.74, 6) is 2.48. The van der Waals surface area contributed by atoms with Gasteiger partial charge in [-0.15, -0.1) is 12.4 Å². The van der Waals surface area contributed by atoms with Crippen LogP contribution < -0.4 is 4.90 Å². The number of rotatable bonds is 2. The van der Waals surface area contributed by atoms with Crippen molar-refractivity contribution in [2.24, 2.45) is 0 Å². The Morgan fingerprint density at radius 1 is 1.04 bits per heavy atom. The van der Waals surface area contributed by atoms with Crippen LogP contribution in [0.4, 0.5) is 5.82 Å². The number of benzene rings is 1. The van der Waals surface area contributed by atoms with Crippen molar-refractivity contribution < 1.29 is 9.89 Å². The lowest BCUT2D eigenvalue weighted by Crippen LogP contribution is -2.20. The van der Waals surface area contributed by atoms with Gasteiger partial charge in [0.2, 0.25) is 0 Å². The predicted molar refractivity (Wildman–Crippen MR) is 94.2 cm³/mol. The number of halogens is 1. The first-order valence-electron chi connectivity index (χ1n) is 7.05. The quantitative estimate of drug-likeness (QED) is 0.676. The second-order valence-corrected chi connectivity index (χ2v) is 5.16. The number of nitrogens with zero attached hydrogens (tertiary/aromatic N) is 3. The molecule has 0 unspecified atom stereocenters. The number of aromatic nitrogens is 2. The van der Waals surface area contributed by atoms with Crippen molar-refractivity contribution in [3.05, 3.63) is 54.4 Å². The van der Waals surface area contributed by atoms with Crippen molar-refractivity contribution >= 4 is 29.3 Å². The van der Waals surface area contributed by atoms with Crippen LogP contribution in [0.3, 0.4) is 0 Å². The average molecular weight is 332 g/mol.